The van der Waals surface area contributed by atoms with Gasteiger partial charge < -0.3 is 4.90 Å². The lowest BCUT2D eigenvalue weighted by Crippen LogP contribution is -2.43. The summed E-state index contributed by atoms with van der Waals surface area (Å²) >= 11 is 0. The van der Waals surface area contributed by atoms with Crippen molar-refractivity contribution in [2.75, 3.05) is 14.1 Å². The van der Waals surface area contributed by atoms with Gasteiger partial charge >= 0.3 is 0 Å². The van der Waals surface area contributed by atoms with Crippen LogP contribution in [0.15, 0.2) is 30.3 Å². The standard InChI is InChI=1S/C17H28N2O/c1-13(16(20)19(5)6)18-15(12-17(2,3)4)14-10-8-7-9-11-14/h7-11,13,15,18H,12H2,1-6H3. The molecule has 0 saturated carbocycles. The summed E-state index contributed by atoms with van der Waals surface area (Å²) < 4.78 is 0. The summed E-state index contributed by atoms with van der Waals surface area (Å²) in [5.74, 6) is 0.111. The monoisotopic (exact) mass is 276 g/mol. The van der Waals surface area contributed by atoms with Crippen LogP contribution in [0, 0.1) is 5.41 Å². The van der Waals surface area contributed by atoms with E-state index in [0.29, 0.717) is 0 Å². The molecule has 0 fully saturated rings. The molecule has 3 heteroatoms. The molecule has 1 aromatic rings. The van der Waals surface area contributed by atoms with E-state index in [9.17, 15) is 4.79 Å². The molecule has 0 aliphatic heterocycles. The van der Waals surface area contributed by atoms with Gasteiger partial charge in [-0.3, -0.25) is 10.1 Å². The summed E-state index contributed by atoms with van der Waals surface area (Å²) in [6.45, 7) is 8.61. The molecule has 0 radical (unpaired) electrons. The van der Waals surface area contributed by atoms with Gasteiger partial charge in [0.15, 0.2) is 0 Å². The molecular weight excluding hydrogens is 248 g/mol. The summed E-state index contributed by atoms with van der Waals surface area (Å²) in [4.78, 5) is 13.7. The first-order valence-electron chi connectivity index (χ1n) is 7.23. The van der Waals surface area contributed by atoms with Crippen molar-refractivity contribution < 1.29 is 4.79 Å². The molecule has 0 aromatic heterocycles. The van der Waals surface area contributed by atoms with Crippen molar-refractivity contribution in [3.05, 3.63) is 35.9 Å². The lowest BCUT2D eigenvalue weighted by Gasteiger charge is -2.30. The number of carbonyl (C=O) groups is 1. The summed E-state index contributed by atoms with van der Waals surface area (Å²) in [6.07, 6.45) is 0.988. The molecule has 1 amide bonds. The van der Waals surface area contributed by atoms with Crippen LogP contribution in [0.2, 0.25) is 0 Å². The van der Waals surface area contributed by atoms with Gasteiger partial charge in [0.05, 0.1) is 6.04 Å². The van der Waals surface area contributed by atoms with Crippen LogP contribution in [-0.4, -0.2) is 30.9 Å². The zero-order valence-electron chi connectivity index (χ0n) is 13.6. The molecule has 1 aromatic carbocycles. The van der Waals surface area contributed by atoms with E-state index < -0.39 is 0 Å². The maximum Gasteiger partial charge on any atom is 0.238 e. The minimum Gasteiger partial charge on any atom is -0.347 e. The molecule has 1 N–H and O–H groups in total. The van der Waals surface area contributed by atoms with E-state index in [0.717, 1.165) is 6.42 Å². The van der Waals surface area contributed by atoms with Gasteiger partial charge in [-0.1, -0.05) is 51.1 Å². The van der Waals surface area contributed by atoms with Crippen molar-refractivity contribution in [1.29, 1.82) is 0 Å². The zero-order valence-corrected chi connectivity index (χ0v) is 13.6. The Balaban J connectivity index is 2.87. The second-order valence-corrected chi connectivity index (χ2v) is 6.85. The fourth-order valence-electron chi connectivity index (χ4n) is 2.33. The largest absolute Gasteiger partial charge is 0.347 e. The third-order valence-corrected chi connectivity index (χ3v) is 3.28. The lowest BCUT2D eigenvalue weighted by atomic mass is 9.85. The van der Waals surface area contributed by atoms with E-state index in [1.807, 2.05) is 25.1 Å². The summed E-state index contributed by atoms with van der Waals surface area (Å²) in [6, 6.07) is 10.4. The van der Waals surface area contributed by atoms with Gasteiger partial charge in [-0.15, -0.1) is 0 Å². The Hall–Kier alpha value is -1.35. The van der Waals surface area contributed by atoms with Crippen LogP contribution in [0.1, 0.15) is 45.7 Å². The van der Waals surface area contributed by atoms with Gasteiger partial charge in [0.25, 0.3) is 0 Å². The molecule has 0 bridgehead atoms. The molecule has 0 heterocycles. The third kappa shape index (κ3) is 5.33. The van der Waals surface area contributed by atoms with Crippen LogP contribution in [0.4, 0.5) is 0 Å². The number of rotatable bonds is 5. The molecule has 0 spiro atoms. The van der Waals surface area contributed by atoms with Crippen molar-refractivity contribution in [3.8, 4) is 0 Å². The SMILES string of the molecule is CC(NC(CC(C)(C)C)c1ccccc1)C(=O)N(C)C. The Labute approximate surface area is 123 Å². The molecule has 3 nitrogen and oxygen atoms in total. The van der Waals surface area contributed by atoms with Gasteiger partial charge in [0.1, 0.15) is 0 Å². The maximum atomic E-state index is 12.0. The van der Waals surface area contributed by atoms with E-state index in [1.54, 1.807) is 19.0 Å². The number of hydrogen-bond acceptors (Lipinski definition) is 2. The van der Waals surface area contributed by atoms with Gasteiger partial charge in [-0.05, 0) is 24.3 Å². The first kappa shape index (κ1) is 16.7. The van der Waals surface area contributed by atoms with E-state index in [2.05, 4.69) is 38.2 Å². The van der Waals surface area contributed by atoms with Crippen molar-refractivity contribution >= 4 is 5.91 Å². The van der Waals surface area contributed by atoms with E-state index in [4.69, 9.17) is 0 Å². The summed E-state index contributed by atoms with van der Waals surface area (Å²) in [5, 5.41) is 3.48. The number of benzene rings is 1. The highest BCUT2D eigenvalue weighted by Gasteiger charge is 2.24. The van der Waals surface area contributed by atoms with Crippen LogP contribution < -0.4 is 5.32 Å². The van der Waals surface area contributed by atoms with Crippen LogP contribution in [-0.2, 0) is 4.79 Å². The number of hydrogen-bond donors (Lipinski definition) is 1. The second-order valence-electron chi connectivity index (χ2n) is 6.85. The molecule has 2 atom stereocenters. The third-order valence-electron chi connectivity index (χ3n) is 3.28. The molecule has 0 aliphatic rings. The van der Waals surface area contributed by atoms with Crippen molar-refractivity contribution in [2.24, 2.45) is 5.41 Å². The first-order chi connectivity index (χ1) is 9.20. The van der Waals surface area contributed by atoms with Crippen LogP contribution in [0.3, 0.4) is 0 Å². The Morgan fingerprint density at radius 2 is 1.75 bits per heavy atom. The smallest absolute Gasteiger partial charge is 0.238 e. The highest BCUT2D eigenvalue weighted by atomic mass is 16.2. The van der Waals surface area contributed by atoms with Gasteiger partial charge in [0.2, 0.25) is 5.91 Å². The molecule has 112 valence electrons. The average Bonchev–Trinajstić information content (AvgIpc) is 2.36. The Morgan fingerprint density at radius 3 is 2.20 bits per heavy atom. The Kier molecular flexibility index (Phi) is 5.75. The van der Waals surface area contributed by atoms with Gasteiger partial charge in [-0.2, -0.15) is 0 Å². The lowest BCUT2D eigenvalue weighted by molar-refractivity contribution is -0.130. The van der Waals surface area contributed by atoms with Gasteiger partial charge in [0, 0.05) is 20.1 Å². The first-order valence-corrected chi connectivity index (χ1v) is 7.23. The summed E-state index contributed by atoms with van der Waals surface area (Å²) in [5.41, 5.74) is 1.44. The van der Waals surface area contributed by atoms with Crippen LogP contribution >= 0.6 is 0 Å². The highest BCUT2D eigenvalue weighted by Crippen LogP contribution is 2.29. The second kappa shape index (κ2) is 6.89. The predicted molar refractivity (Wildman–Crippen MR) is 84.5 cm³/mol. The summed E-state index contributed by atoms with van der Waals surface area (Å²) in [7, 11) is 3.59. The van der Waals surface area contributed by atoms with Gasteiger partial charge in [-0.25, -0.2) is 0 Å². The predicted octanol–water partition coefficient (Wildman–Crippen LogP) is 3.23. The Morgan fingerprint density at radius 1 is 1.20 bits per heavy atom. The zero-order chi connectivity index (χ0) is 15.3. The van der Waals surface area contributed by atoms with Crippen molar-refractivity contribution in [2.45, 2.75) is 46.2 Å². The number of carbonyl (C=O) groups excluding carboxylic acids is 1. The quantitative estimate of drug-likeness (QED) is 0.895. The molecule has 2 unspecified atom stereocenters. The average molecular weight is 276 g/mol. The number of nitrogens with zero attached hydrogens (tertiary/aromatic N) is 1. The minimum atomic E-state index is -0.183. The number of likely N-dealkylation sites (N-methyl/N-ethyl adjacent to an activating group) is 1. The molecule has 1 rings (SSSR count). The Bertz CT molecular complexity index is 420. The molecule has 20 heavy (non-hydrogen) atoms. The highest BCUT2D eigenvalue weighted by molar-refractivity contribution is 5.80. The number of amides is 1. The minimum absolute atomic E-state index is 0.111. The van der Waals surface area contributed by atoms with E-state index in [-0.39, 0.29) is 23.4 Å². The topological polar surface area (TPSA) is 32.3 Å². The van der Waals surface area contributed by atoms with Crippen molar-refractivity contribution in [1.82, 2.24) is 10.2 Å². The normalized spacial score (nSPS) is 14.7. The molecule has 0 aliphatic carbocycles. The maximum absolute atomic E-state index is 12.0. The fourth-order valence-corrected chi connectivity index (χ4v) is 2.33. The molecular formula is C17H28N2O. The fraction of sp³-hybridized carbons (Fsp3) is 0.588. The van der Waals surface area contributed by atoms with Crippen molar-refractivity contribution in [3.63, 3.8) is 0 Å². The van der Waals surface area contributed by atoms with Crippen LogP contribution in [0.25, 0.3) is 0 Å². The van der Waals surface area contributed by atoms with E-state index in [1.165, 1.54) is 5.56 Å². The molecule has 0 saturated heterocycles. The van der Waals surface area contributed by atoms with Crippen LogP contribution in [0.5, 0.6) is 0 Å². The van der Waals surface area contributed by atoms with E-state index >= 15 is 0 Å². The number of nitrogens with one attached hydrogen (secondary N) is 1.